The number of nitriles is 1. The van der Waals surface area contributed by atoms with E-state index in [0.29, 0.717) is 28.6 Å². The Labute approximate surface area is 116 Å². The fourth-order valence-electron chi connectivity index (χ4n) is 1.54. The number of thiophene rings is 1. The van der Waals surface area contributed by atoms with Crippen LogP contribution in [0.5, 0.6) is 0 Å². The number of nitrogens with two attached hydrogens (primary N) is 1. The average molecular weight is 283 g/mol. The number of hydrogen-bond donors (Lipinski definition) is 2. The van der Waals surface area contributed by atoms with Gasteiger partial charge >= 0.3 is 0 Å². The van der Waals surface area contributed by atoms with Crippen molar-refractivity contribution in [3.8, 4) is 6.07 Å². The van der Waals surface area contributed by atoms with Crippen LogP contribution in [-0.4, -0.2) is 39.3 Å². The van der Waals surface area contributed by atoms with Crippen molar-refractivity contribution in [2.75, 3.05) is 38.4 Å². The number of carbonyl (C=O) groups excluding carboxylic acids is 1. The van der Waals surface area contributed by atoms with Crippen molar-refractivity contribution in [1.29, 1.82) is 5.26 Å². The standard InChI is InChI=1S/C12H17N3O3S/c1-7(16)11-10(14)9(4-13)12(19-11)15-5-8(18-3)6-17-2/h8,15H,5-6,14H2,1-3H3. The molecule has 1 aromatic heterocycles. The van der Waals surface area contributed by atoms with Crippen LogP contribution in [0.3, 0.4) is 0 Å². The molecular weight excluding hydrogens is 266 g/mol. The molecule has 3 N–H and O–H groups in total. The number of nitrogens with one attached hydrogen (secondary N) is 1. The Hall–Kier alpha value is -1.62. The van der Waals surface area contributed by atoms with Crippen molar-refractivity contribution in [2.45, 2.75) is 13.0 Å². The van der Waals surface area contributed by atoms with Crippen LogP contribution in [0.2, 0.25) is 0 Å². The normalized spacial score (nSPS) is 11.9. The first kappa shape index (κ1) is 15.4. The summed E-state index contributed by atoms with van der Waals surface area (Å²) in [5.41, 5.74) is 6.33. The Kier molecular flexibility index (Phi) is 5.76. The zero-order valence-electron chi connectivity index (χ0n) is 11.1. The molecule has 0 spiro atoms. The Morgan fingerprint density at radius 3 is 2.74 bits per heavy atom. The first-order valence-electron chi connectivity index (χ1n) is 5.64. The van der Waals surface area contributed by atoms with Crippen LogP contribution in [0.1, 0.15) is 22.2 Å². The van der Waals surface area contributed by atoms with Crippen LogP contribution >= 0.6 is 11.3 Å². The van der Waals surface area contributed by atoms with Crippen LogP contribution in [0.15, 0.2) is 0 Å². The molecule has 1 aromatic rings. The molecule has 1 atom stereocenters. The van der Waals surface area contributed by atoms with Gasteiger partial charge in [0.05, 0.1) is 23.3 Å². The van der Waals surface area contributed by atoms with Crippen molar-refractivity contribution in [2.24, 2.45) is 0 Å². The van der Waals surface area contributed by atoms with Gasteiger partial charge < -0.3 is 20.5 Å². The van der Waals surface area contributed by atoms with E-state index in [1.807, 2.05) is 6.07 Å². The van der Waals surface area contributed by atoms with Crippen LogP contribution in [0.4, 0.5) is 10.7 Å². The lowest BCUT2D eigenvalue weighted by atomic mass is 10.2. The van der Waals surface area contributed by atoms with E-state index in [9.17, 15) is 4.79 Å². The second kappa shape index (κ2) is 7.09. The van der Waals surface area contributed by atoms with Gasteiger partial charge in [0, 0.05) is 27.7 Å². The van der Waals surface area contributed by atoms with Crippen LogP contribution in [-0.2, 0) is 9.47 Å². The molecule has 7 heteroatoms. The lowest BCUT2D eigenvalue weighted by Crippen LogP contribution is -2.26. The fourth-order valence-corrected chi connectivity index (χ4v) is 2.52. The van der Waals surface area contributed by atoms with Crippen molar-refractivity contribution >= 4 is 27.8 Å². The highest BCUT2D eigenvalue weighted by Crippen LogP contribution is 2.35. The van der Waals surface area contributed by atoms with Gasteiger partial charge in [-0.25, -0.2) is 0 Å². The number of ketones is 1. The summed E-state index contributed by atoms with van der Waals surface area (Å²) in [5, 5.41) is 12.8. The minimum absolute atomic E-state index is 0.138. The molecule has 1 rings (SSSR count). The van der Waals surface area contributed by atoms with Gasteiger partial charge in [0.1, 0.15) is 16.6 Å². The average Bonchev–Trinajstić information content (AvgIpc) is 2.71. The first-order valence-corrected chi connectivity index (χ1v) is 6.45. The maximum absolute atomic E-state index is 11.4. The maximum atomic E-state index is 11.4. The number of hydrogen-bond acceptors (Lipinski definition) is 7. The van der Waals surface area contributed by atoms with Gasteiger partial charge in [-0.2, -0.15) is 5.26 Å². The molecule has 0 bridgehead atoms. The van der Waals surface area contributed by atoms with Crippen LogP contribution < -0.4 is 11.1 Å². The summed E-state index contributed by atoms with van der Waals surface area (Å²) >= 11 is 1.18. The Bertz CT molecular complexity index is 493. The third-order valence-electron chi connectivity index (χ3n) is 2.55. The molecule has 0 aliphatic heterocycles. The highest BCUT2D eigenvalue weighted by Gasteiger charge is 2.19. The molecular formula is C12H17N3O3S. The van der Waals surface area contributed by atoms with E-state index in [-0.39, 0.29) is 17.6 Å². The minimum Gasteiger partial charge on any atom is -0.396 e. The molecule has 0 saturated heterocycles. The van der Waals surface area contributed by atoms with E-state index in [1.165, 1.54) is 18.3 Å². The lowest BCUT2D eigenvalue weighted by molar-refractivity contribution is 0.0366. The zero-order valence-corrected chi connectivity index (χ0v) is 12.0. The van der Waals surface area contributed by atoms with E-state index < -0.39 is 0 Å². The maximum Gasteiger partial charge on any atom is 0.171 e. The molecule has 0 amide bonds. The number of ether oxygens (including phenoxy) is 2. The summed E-state index contributed by atoms with van der Waals surface area (Å²) in [4.78, 5) is 11.8. The lowest BCUT2D eigenvalue weighted by Gasteiger charge is -2.15. The van der Waals surface area contributed by atoms with E-state index in [4.69, 9.17) is 20.5 Å². The molecule has 0 radical (unpaired) electrons. The van der Waals surface area contributed by atoms with Crippen molar-refractivity contribution in [3.63, 3.8) is 0 Å². The Balaban J connectivity index is 2.87. The van der Waals surface area contributed by atoms with Gasteiger partial charge in [-0.3, -0.25) is 4.79 Å². The predicted molar refractivity (Wildman–Crippen MR) is 74.6 cm³/mol. The van der Waals surface area contributed by atoms with Gasteiger partial charge in [0.25, 0.3) is 0 Å². The highest BCUT2D eigenvalue weighted by atomic mass is 32.1. The molecule has 104 valence electrons. The summed E-state index contributed by atoms with van der Waals surface area (Å²) in [6.07, 6.45) is -0.138. The second-order valence-corrected chi connectivity index (χ2v) is 4.93. The van der Waals surface area contributed by atoms with Crippen molar-refractivity contribution < 1.29 is 14.3 Å². The summed E-state index contributed by atoms with van der Waals surface area (Å²) in [6, 6.07) is 2.01. The molecule has 19 heavy (non-hydrogen) atoms. The fraction of sp³-hybridized carbons (Fsp3) is 0.500. The third kappa shape index (κ3) is 3.67. The van der Waals surface area contributed by atoms with E-state index >= 15 is 0 Å². The van der Waals surface area contributed by atoms with Crippen molar-refractivity contribution in [1.82, 2.24) is 0 Å². The summed E-state index contributed by atoms with van der Waals surface area (Å²) in [7, 11) is 3.17. The number of nitrogen functional groups attached to an aromatic ring is 1. The molecule has 1 unspecified atom stereocenters. The largest absolute Gasteiger partial charge is 0.396 e. The number of nitrogens with zero attached hydrogens (tertiary/aromatic N) is 1. The van der Waals surface area contributed by atoms with E-state index in [2.05, 4.69) is 5.32 Å². The molecule has 0 aliphatic rings. The SMILES string of the molecule is COCC(CNc1sc(C(C)=O)c(N)c1C#N)OC. The first-order chi connectivity index (χ1) is 9.04. The number of anilines is 2. The molecule has 6 nitrogen and oxygen atoms in total. The van der Waals surface area contributed by atoms with Crippen LogP contribution in [0, 0.1) is 11.3 Å². The minimum atomic E-state index is -0.146. The van der Waals surface area contributed by atoms with E-state index in [0.717, 1.165) is 0 Å². The van der Waals surface area contributed by atoms with Gasteiger partial charge in [-0.1, -0.05) is 0 Å². The van der Waals surface area contributed by atoms with Crippen molar-refractivity contribution in [3.05, 3.63) is 10.4 Å². The summed E-state index contributed by atoms with van der Waals surface area (Å²) in [6.45, 7) is 2.33. The quantitative estimate of drug-likeness (QED) is 0.736. The number of rotatable bonds is 7. The zero-order chi connectivity index (χ0) is 14.4. The molecule has 1 heterocycles. The number of Topliss-reactive ketones (excluding diaryl/α,β-unsaturated/α-hetero) is 1. The number of carbonyl (C=O) groups is 1. The summed E-state index contributed by atoms with van der Waals surface area (Å²) in [5.74, 6) is -0.146. The molecule has 0 aromatic carbocycles. The second-order valence-electron chi connectivity index (χ2n) is 3.91. The van der Waals surface area contributed by atoms with Gasteiger partial charge in [-0.15, -0.1) is 11.3 Å². The molecule has 0 fully saturated rings. The Morgan fingerprint density at radius 2 is 2.26 bits per heavy atom. The topological polar surface area (TPSA) is 97.4 Å². The Morgan fingerprint density at radius 1 is 1.58 bits per heavy atom. The molecule has 0 saturated carbocycles. The number of methoxy groups -OCH3 is 2. The smallest absolute Gasteiger partial charge is 0.171 e. The third-order valence-corrected chi connectivity index (χ3v) is 3.82. The monoisotopic (exact) mass is 283 g/mol. The highest BCUT2D eigenvalue weighted by molar-refractivity contribution is 7.18. The molecule has 0 aliphatic carbocycles. The summed E-state index contributed by atoms with van der Waals surface area (Å²) < 4.78 is 10.2. The van der Waals surface area contributed by atoms with Gasteiger partial charge in [0.15, 0.2) is 5.78 Å². The van der Waals surface area contributed by atoms with Crippen LogP contribution in [0.25, 0.3) is 0 Å². The van der Waals surface area contributed by atoms with E-state index in [1.54, 1.807) is 14.2 Å². The van der Waals surface area contributed by atoms with Gasteiger partial charge in [-0.05, 0) is 0 Å². The van der Waals surface area contributed by atoms with Gasteiger partial charge in [0.2, 0.25) is 0 Å². The predicted octanol–water partition coefficient (Wildman–Crippen LogP) is 1.48.